The Bertz CT molecular complexity index is 1050. The van der Waals surface area contributed by atoms with Gasteiger partial charge >= 0.3 is 6.03 Å². The van der Waals surface area contributed by atoms with Crippen molar-refractivity contribution >= 4 is 33.4 Å². The van der Waals surface area contributed by atoms with Gasteiger partial charge in [-0.25, -0.2) is 13.2 Å². The molecule has 146 valence electrons. The Morgan fingerprint density at radius 1 is 1.07 bits per heavy atom. The molecule has 2 aromatic rings. The van der Waals surface area contributed by atoms with Crippen LogP contribution in [0.2, 0.25) is 0 Å². The quantitative estimate of drug-likeness (QED) is 0.737. The summed E-state index contributed by atoms with van der Waals surface area (Å²) in [5.74, 6) is -1.24. The molecule has 1 saturated heterocycles. The van der Waals surface area contributed by atoms with Crippen LogP contribution in [-0.4, -0.2) is 44.0 Å². The van der Waals surface area contributed by atoms with E-state index >= 15 is 0 Å². The standard InChI is InChI=1S/C19H19N3O5S/c1-19(13-8-4-3-5-9-13)17(24)22(18(25)21-19)12-16(23)20-14-10-6-7-11-15(14)28(2,26)27/h3-11H,12H2,1-2H3,(H,20,23)(H,21,25)/t19-/m1/s1. The molecule has 0 radical (unpaired) electrons. The van der Waals surface area contributed by atoms with E-state index in [0.717, 1.165) is 11.2 Å². The van der Waals surface area contributed by atoms with Crippen LogP contribution < -0.4 is 10.6 Å². The van der Waals surface area contributed by atoms with Gasteiger partial charge in [0.05, 0.1) is 10.6 Å². The van der Waals surface area contributed by atoms with E-state index in [1.54, 1.807) is 43.3 Å². The zero-order valence-electron chi connectivity index (χ0n) is 15.3. The highest BCUT2D eigenvalue weighted by atomic mass is 32.2. The Morgan fingerprint density at radius 2 is 1.68 bits per heavy atom. The van der Waals surface area contributed by atoms with Crippen molar-refractivity contribution in [2.24, 2.45) is 0 Å². The lowest BCUT2D eigenvalue weighted by Gasteiger charge is -2.22. The first kappa shape index (κ1) is 19.6. The number of hydrogen-bond acceptors (Lipinski definition) is 5. The Kier molecular flexibility index (Phi) is 4.95. The van der Waals surface area contributed by atoms with E-state index in [0.29, 0.717) is 5.56 Å². The highest BCUT2D eigenvalue weighted by molar-refractivity contribution is 7.90. The molecule has 0 unspecified atom stereocenters. The second kappa shape index (κ2) is 7.08. The van der Waals surface area contributed by atoms with E-state index in [4.69, 9.17) is 0 Å². The van der Waals surface area contributed by atoms with Crippen molar-refractivity contribution in [3.05, 3.63) is 60.2 Å². The first-order valence-corrected chi connectivity index (χ1v) is 10.3. The molecule has 1 heterocycles. The number of imide groups is 1. The largest absolute Gasteiger partial charge is 0.325 e. The average Bonchev–Trinajstić information content (AvgIpc) is 2.86. The molecule has 9 heteroatoms. The van der Waals surface area contributed by atoms with Crippen LogP contribution in [0.4, 0.5) is 10.5 Å². The van der Waals surface area contributed by atoms with Gasteiger partial charge in [0.1, 0.15) is 12.1 Å². The molecule has 1 atom stereocenters. The van der Waals surface area contributed by atoms with Crippen LogP contribution >= 0.6 is 0 Å². The maximum Gasteiger partial charge on any atom is 0.325 e. The second-order valence-corrected chi connectivity index (χ2v) is 8.61. The van der Waals surface area contributed by atoms with Gasteiger partial charge in [0.15, 0.2) is 9.84 Å². The van der Waals surface area contributed by atoms with Crippen molar-refractivity contribution in [3.63, 3.8) is 0 Å². The zero-order chi connectivity index (χ0) is 20.5. The third-order valence-corrected chi connectivity index (χ3v) is 5.64. The number of anilines is 1. The fourth-order valence-corrected chi connectivity index (χ4v) is 3.88. The number of urea groups is 1. The maximum atomic E-state index is 12.8. The molecule has 1 fully saturated rings. The molecule has 0 spiro atoms. The summed E-state index contributed by atoms with van der Waals surface area (Å²) in [4.78, 5) is 38.3. The lowest BCUT2D eigenvalue weighted by Crippen LogP contribution is -2.42. The predicted octanol–water partition coefficient (Wildman–Crippen LogP) is 1.50. The van der Waals surface area contributed by atoms with Gasteiger partial charge < -0.3 is 10.6 Å². The lowest BCUT2D eigenvalue weighted by atomic mass is 9.92. The van der Waals surface area contributed by atoms with Crippen molar-refractivity contribution in [2.45, 2.75) is 17.4 Å². The van der Waals surface area contributed by atoms with Crippen LogP contribution in [0.5, 0.6) is 0 Å². The van der Waals surface area contributed by atoms with Gasteiger partial charge in [-0.3, -0.25) is 14.5 Å². The molecule has 1 aliphatic heterocycles. The molecule has 28 heavy (non-hydrogen) atoms. The van der Waals surface area contributed by atoms with Crippen LogP contribution in [0, 0.1) is 0 Å². The van der Waals surface area contributed by atoms with Crippen LogP contribution in [0.1, 0.15) is 12.5 Å². The fraction of sp³-hybridized carbons (Fsp3) is 0.211. The van der Waals surface area contributed by atoms with Crippen LogP contribution in [0.25, 0.3) is 0 Å². The summed E-state index contributed by atoms with van der Waals surface area (Å²) in [6.07, 6.45) is 1.03. The Balaban J connectivity index is 1.79. The fourth-order valence-electron chi connectivity index (χ4n) is 3.03. The molecule has 8 nitrogen and oxygen atoms in total. The van der Waals surface area contributed by atoms with Crippen molar-refractivity contribution in [1.29, 1.82) is 0 Å². The lowest BCUT2D eigenvalue weighted by molar-refractivity contribution is -0.133. The zero-order valence-corrected chi connectivity index (χ0v) is 16.1. The summed E-state index contributed by atoms with van der Waals surface area (Å²) in [5, 5.41) is 5.07. The first-order valence-electron chi connectivity index (χ1n) is 8.41. The SMILES string of the molecule is C[C@]1(c2ccccc2)NC(=O)N(CC(=O)Nc2ccccc2S(C)(=O)=O)C1=O. The number of para-hydroxylation sites is 1. The van der Waals surface area contributed by atoms with Gasteiger partial charge in [-0.05, 0) is 24.6 Å². The summed E-state index contributed by atoms with van der Waals surface area (Å²) >= 11 is 0. The maximum absolute atomic E-state index is 12.8. The van der Waals surface area contributed by atoms with E-state index in [-0.39, 0.29) is 10.6 Å². The van der Waals surface area contributed by atoms with Gasteiger partial charge in [-0.2, -0.15) is 0 Å². The number of sulfone groups is 1. The minimum absolute atomic E-state index is 0.0466. The minimum Gasteiger partial charge on any atom is -0.323 e. The van der Waals surface area contributed by atoms with E-state index in [1.807, 2.05) is 0 Å². The molecule has 1 aliphatic rings. The van der Waals surface area contributed by atoms with E-state index in [2.05, 4.69) is 10.6 Å². The van der Waals surface area contributed by atoms with Crippen molar-refractivity contribution in [2.75, 3.05) is 18.1 Å². The minimum atomic E-state index is -3.56. The topological polar surface area (TPSA) is 113 Å². The smallest absolute Gasteiger partial charge is 0.323 e. The van der Waals surface area contributed by atoms with Crippen molar-refractivity contribution < 1.29 is 22.8 Å². The molecule has 3 rings (SSSR count). The Hall–Kier alpha value is -3.20. The van der Waals surface area contributed by atoms with E-state index in [9.17, 15) is 22.8 Å². The normalized spacial score (nSPS) is 19.4. The number of rotatable bonds is 5. The molecule has 4 amide bonds. The van der Waals surface area contributed by atoms with Gasteiger partial charge in [0, 0.05) is 6.26 Å². The molecule has 0 saturated carbocycles. The number of hydrogen-bond donors (Lipinski definition) is 2. The van der Waals surface area contributed by atoms with E-state index < -0.39 is 39.8 Å². The summed E-state index contributed by atoms with van der Waals surface area (Å²) in [6.45, 7) is 1.03. The number of amides is 4. The third-order valence-electron chi connectivity index (χ3n) is 4.49. The number of carbonyl (C=O) groups excluding carboxylic acids is 3. The highest BCUT2D eigenvalue weighted by Crippen LogP contribution is 2.28. The Labute approximate surface area is 162 Å². The summed E-state index contributed by atoms with van der Waals surface area (Å²) < 4.78 is 23.7. The molecule has 2 N–H and O–H groups in total. The molecule has 0 aromatic heterocycles. The molecular weight excluding hydrogens is 382 g/mol. The molecule has 0 aliphatic carbocycles. The molecule has 0 bridgehead atoms. The van der Waals surface area contributed by atoms with Crippen molar-refractivity contribution in [1.82, 2.24) is 10.2 Å². The number of nitrogens with zero attached hydrogens (tertiary/aromatic N) is 1. The van der Waals surface area contributed by atoms with Crippen molar-refractivity contribution in [3.8, 4) is 0 Å². The van der Waals surface area contributed by atoms with Gasteiger partial charge in [-0.1, -0.05) is 42.5 Å². The number of carbonyl (C=O) groups is 3. The second-order valence-electron chi connectivity index (χ2n) is 6.63. The highest BCUT2D eigenvalue weighted by Gasteiger charge is 2.49. The first-order chi connectivity index (χ1) is 13.1. The Morgan fingerprint density at radius 3 is 2.32 bits per heavy atom. The van der Waals surface area contributed by atoms with Gasteiger partial charge in [-0.15, -0.1) is 0 Å². The van der Waals surface area contributed by atoms with Crippen LogP contribution in [0.15, 0.2) is 59.5 Å². The molecular formula is C19H19N3O5S. The third kappa shape index (κ3) is 3.61. The van der Waals surface area contributed by atoms with Crippen LogP contribution in [-0.2, 0) is 25.0 Å². The van der Waals surface area contributed by atoms with Crippen LogP contribution in [0.3, 0.4) is 0 Å². The molecule has 2 aromatic carbocycles. The van der Waals surface area contributed by atoms with E-state index in [1.165, 1.54) is 18.2 Å². The predicted molar refractivity (Wildman–Crippen MR) is 102 cm³/mol. The van der Waals surface area contributed by atoms with Gasteiger partial charge in [0.2, 0.25) is 5.91 Å². The number of nitrogens with one attached hydrogen (secondary N) is 2. The van der Waals surface area contributed by atoms with Gasteiger partial charge in [0.25, 0.3) is 5.91 Å². The number of benzene rings is 2. The monoisotopic (exact) mass is 401 g/mol. The average molecular weight is 401 g/mol. The summed E-state index contributed by atoms with van der Waals surface area (Å²) in [7, 11) is -3.56. The summed E-state index contributed by atoms with van der Waals surface area (Å²) in [5.41, 5.74) is -0.588. The summed E-state index contributed by atoms with van der Waals surface area (Å²) in [6, 6.07) is 13.9.